The lowest BCUT2D eigenvalue weighted by Gasteiger charge is -2.59. The van der Waals surface area contributed by atoms with Gasteiger partial charge in [-0.1, -0.05) is 43.2 Å². The number of carbonyl (C=O) groups is 2. The molecular weight excluding hydrogens is 532 g/mol. The third-order valence-corrected chi connectivity index (χ3v) is 12.6. The van der Waals surface area contributed by atoms with Gasteiger partial charge in [0.1, 0.15) is 42.1 Å². The molecule has 4 fully saturated rings. The van der Waals surface area contributed by atoms with E-state index in [4.69, 9.17) is 4.74 Å². The molecule has 4 aliphatic carbocycles. The van der Waals surface area contributed by atoms with Crippen LogP contribution in [0.3, 0.4) is 0 Å². The van der Waals surface area contributed by atoms with E-state index in [0.29, 0.717) is 25.2 Å². The minimum atomic E-state index is -1.45. The molecule has 1 saturated heterocycles. The summed E-state index contributed by atoms with van der Waals surface area (Å²) in [6.45, 7) is 10.2. The maximum Gasteiger partial charge on any atom is 0.136 e. The molecule has 1 aromatic carbocycles. The van der Waals surface area contributed by atoms with Crippen LogP contribution in [0, 0.1) is 48.3 Å². The molecule has 8 unspecified atom stereocenters. The number of aryl methyl sites for hydroxylation is 2. The minimum absolute atomic E-state index is 0.0583. The van der Waals surface area contributed by atoms with Crippen molar-refractivity contribution >= 4 is 11.6 Å². The second kappa shape index (κ2) is 10.6. The van der Waals surface area contributed by atoms with Crippen molar-refractivity contribution in [3.05, 3.63) is 46.0 Å². The molecule has 0 spiro atoms. The van der Waals surface area contributed by atoms with Gasteiger partial charge in [0.25, 0.3) is 0 Å². The first-order chi connectivity index (χ1) is 19.8. The monoisotopic (exact) mass is 580 g/mol. The number of Topliss-reactive ketones (excluding diaryl/α,β-unsaturated/α-hetero) is 2. The number of ketones is 2. The van der Waals surface area contributed by atoms with Gasteiger partial charge in [0.05, 0.1) is 6.61 Å². The molecule has 5 aliphatic rings. The highest BCUT2D eigenvalue weighted by atomic mass is 16.5. The van der Waals surface area contributed by atoms with Crippen LogP contribution in [0.4, 0.5) is 0 Å². The average molecular weight is 581 g/mol. The number of hydrogen-bond acceptors (Lipinski definition) is 7. The maximum atomic E-state index is 13.5. The number of benzene rings is 1. The molecule has 0 aromatic heterocycles. The molecule has 42 heavy (non-hydrogen) atoms. The molecule has 3 saturated carbocycles. The first-order valence-electron chi connectivity index (χ1n) is 15.9. The molecule has 0 amide bonds. The van der Waals surface area contributed by atoms with E-state index in [2.05, 4.69) is 45.9 Å². The van der Waals surface area contributed by atoms with E-state index in [-0.39, 0.29) is 46.1 Å². The standard InChI is InChI=1S/C35H48O7/c1-17-6-7-18(2)23(10-17)24-13-21-11-20-12-25(33-32(41)31(40)30(39)28(16-36)42-33)26-14-22(38)8-9-34(26,4)27(20)15-35(21,5)29(24)19(3)37/h6-7,10,20-21,24,27-33,36,39-41H,8-9,11-16H2,1-5H3/t20?,21?,24?,27?,28-,29?,30-,31+,32+,33?,34?,35?/m1/s1. The second-order valence-corrected chi connectivity index (χ2v) is 14.9. The Morgan fingerprint density at radius 3 is 2.50 bits per heavy atom. The van der Waals surface area contributed by atoms with Crippen molar-refractivity contribution in [3.63, 3.8) is 0 Å². The number of fused-ring (bicyclic) bond motifs is 4. The van der Waals surface area contributed by atoms with Crippen molar-refractivity contribution in [1.82, 2.24) is 0 Å². The summed E-state index contributed by atoms with van der Waals surface area (Å²) in [6.07, 6.45) is -1.05. The Kier molecular flexibility index (Phi) is 7.62. The predicted molar refractivity (Wildman–Crippen MR) is 158 cm³/mol. The van der Waals surface area contributed by atoms with Gasteiger partial charge < -0.3 is 25.2 Å². The highest BCUT2D eigenvalue weighted by Crippen LogP contribution is 2.69. The fourth-order valence-corrected chi connectivity index (χ4v) is 10.4. The topological polar surface area (TPSA) is 124 Å². The van der Waals surface area contributed by atoms with Crippen molar-refractivity contribution in [2.45, 2.75) is 116 Å². The third-order valence-electron chi connectivity index (χ3n) is 12.6. The summed E-state index contributed by atoms with van der Waals surface area (Å²) < 4.78 is 6.11. The molecule has 1 heterocycles. The van der Waals surface area contributed by atoms with Crippen LogP contribution in [0.2, 0.25) is 0 Å². The average Bonchev–Trinajstić information content (AvgIpc) is 3.25. The number of aliphatic hydroxyl groups is 4. The van der Waals surface area contributed by atoms with Crippen LogP contribution >= 0.6 is 0 Å². The van der Waals surface area contributed by atoms with Gasteiger partial charge in [-0.25, -0.2) is 0 Å². The Balaban J connectivity index is 1.41. The minimum Gasteiger partial charge on any atom is -0.394 e. The van der Waals surface area contributed by atoms with Gasteiger partial charge in [-0.15, -0.1) is 0 Å². The van der Waals surface area contributed by atoms with Gasteiger partial charge in [-0.3, -0.25) is 9.59 Å². The molecule has 1 aliphatic heterocycles. The number of hydrogen-bond donors (Lipinski definition) is 4. The van der Waals surface area contributed by atoms with Crippen LogP contribution in [0.5, 0.6) is 0 Å². The summed E-state index contributed by atoms with van der Waals surface area (Å²) in [5, 5.41) is 42.1. The Morgan fingerprint density at radius 2 is 1.81 bits per heavy atom. The van der Waals surface area contributed by atoms with Crippen molar-refractivity contribution < 1.29 is 34.8 Å². The SMILES string of the molecule is CC(=O)C1C(c2cc(C)ccc2C)CC2CC3CC(C4O[C@H](CO)[C@@H](O)[C@H](O)[C@@H]4O)=C4CC(=O)CCC4(C)C3CC21C. The van der Waals surface area contributed by atoms with E-state index in [9.17, 15) is 30.0 Å². The summed E-state index contributed by atoms with van der Waals surface area (Å²) in [5.74, 6) is 1.49. The van der Waals surface area contributed by atoms with Crippen LogP contribution in [-0.2, 0) is 14.3 Å². The molecular formula is C35H48O7. The van der Waals surface area contributed by atoms with E-state index in [1.54, 1.807) is 6.92 Å². The Morgan fingerprint density at radius 1 is 1.07 bits per heavy atom. The predicted octanol–water partition coefficient (Wildman–Crippen LogP) is 3.95. The highest BCUT2D eigenvalue weighted by molar-refractivity contribution is 5.83. The molecule has 12 atom stereocenters. The summed E-state index contributed by atoms with van der Waals surface area (Å²) in [5.41, 5.74) is 5.19. The largest absolute Gasteiger partial charge is 0.394 e. The van der Waals surface area contributed by atoms with Crippen LogP contribution in [0.25, 0.3) is 0 Å². The van der Waals surface area contributed by atoms with Crippen molar-refractivity contribution in [2.75, 3.05) is 6.61 Å². The molecule has 4 N–H and O–H groups in total. The van der Waals surface area contributed by atoms with Gasteiger partial charge in [-0.05, 0) is 104 Å². The lowest BCUT2D eigenvalue weighted by atomic mass is 9.46. The molecule has 7 heteroatoms. The highest BCUT2D eigenvalue weighted by Gasteiger charge is 2.63. The van der Waals surface area contributed by atoms with Gasteiger partial charge in [0, 0.05) is 18.8 Å². The van der Waals surface area contributed by atoms with E-state index in [0.717, 1.165) is 36.8 Å². The van der Waals surface area contributed by atoms with Gasteiger partial charge in [0.2, 0.25) is 0 Å². The zero-order chi connectivity index (χ0) is 30.3. The number of rotatable bonds is 4. The molecule has 230 valence electrons. The van der Waals surface area contributed by atoms with E-state index in [1.165, 1.54) is 16.7 Å². The van der Waals surface area contributed by atoms with E-state index in [1.807, 2.05) is 0 Å². The fourth-order valence-electron chi connectivity index (χ4n) is 10.4. The van der Waals surface area contributed by atoms with Crippen LogP contribution in [-0.4, -0.2) is 69.1 Å². The normalized spacial score (nSPS) is 45.3. The summed E-state index contributed by atoms with van der Waals surface area (Å²) in [7, 11) is 0. The molecule has 1 aromatic rings. The van der Waals surface area contributed by atoms with Crippen molar-refractivity contribution in [1.29, 1.82) is 0 Å². The zero-order valence-electron chi connectivity index (χ0n) is 25.7. The smallest absolute Gasteiger partial charge is 0.136 e. The Labute approximate surface area is 249 Å². The number of carbonyl (C=O) groups excluding carboxylic acids is 2. The first kappa shape index (κ1) is 30.1. The maximum absolute atomic E-state index is 13.5. The van der Waals surface area contributed by atoms with Gasteiger partial charge in [-0.2, -0.15) is 0 Å². The van der Waals surface area contributed by atoms with Crippen molar-refractivity contribution in [3.8, 4) is 0 Å². The Bertz CT molecular complexity index is 1300. The number of ether oxygens (including phenoxy) is 1. The van der Waals surface area contributed by atoms with Gasteiger partial charge >= 0.3 is 0 Å². The van der Waals surface area contributed by atoms with E-state index < -0.39 is 37.1 Å². The molecule has 6 rings (SSSR count). The van der Waals surface area contributed by atoms with Crippen LogP contribution in [0.1, 0.15) is 88.3 Å². The zero-order valence-corrected chi connectivity index (χ0v) is 25.7. The van der Waals surface area contributed by atoms with E-state index >= 15 is 0 Å². The summed E-state index contributed by atoms with van der Waals surface area (Å²) in [4.78, 5) is 26.4. The van der Waals surface area contributed by atoms with Crippen LogP contribution < -0.4 is 0 Å². The second-order valence-electron chi connectivity index (χ2n) is 14.9. The third kappa shape index (κ3) is 4.49. The summed E-state index contributed by atoms with van der Waals surface area (Å²) >= 11 is 0. The fraction of sp³-hybridized carbons (Fsp3) is 0.714. The van der Waals surface area contributed by atoms with Crippen molar-refractivity contribution in [2.24, 2.45) is 34.5 Å². The molecule has 0 radical (unpaired) electrons. The summed E-state index contributed by atoms with van der Waals surface area (Å²) in [6, 6.07) is 6.59. The quantitative estimate of drug-likeness (QED) is 0.398. The van der Waals surface area contributed by atoms with Crippen LogP contribution in [0.15, 0.2) is 29.3 Å². The molecule has 7 nitrogen and oxygen atoms in total. The number of aliphatic hydroxyl groups excluding tert-OH is 4. The number of allylic oxidation sites excluding steroid dienone is 1. The molecule has 0 bridgehead atoms. The lowest BCUT2D eigenvalue weighted by molar-refractivity contribution is -0.221. The van der Waals surface area contributed by atoms with Gasteiger partial charge in [0.15, 0.2) is 0 Å². The first-order valence-corrected chi connectivity index (χ1v) is 15.9. The lowest BCUT2D eigenvalue weighted by Crippen LogP contribution is -2.60. The Hall–Kier alpha value is -1.90.